The molecule has 2 aromatic rings. The van der Waals surface area contributed by atoms with Gasteiger partial charge in [-0.05, 0) is 48.9 Å². The molecular weight excluding hydrogens is 374 g/mol. The van der Waals surface area contributed by atoms with Crippen molar-refractivity contribution in [3.05, 3.63) is 58.6 Å². The number of sulfonamides is 1. The number of anilines is 2. The van der Waals surface area contributed by atoms with Crippen molar-refractivity contribution in [2.75, 3.05) is 22.4 Å². The molecule has 0 bridgehead atoms. The van der Waals surface area contributed by atoms with Crippen LogP contribution in [0, 0.1) is 18.3 Å². The maximum absolute atomic E-state index is 12.2. The largest absolute Gasteiger partial charge is 0.326 e. The van der Waals surface area contributed by atoms with Crippen molar-refractivity contribution in [1.29, 1.82) is 5.26 Å². The highest BCUT2D eigenvalue weighted by Gasteiger charge is 2.19. The molecule has 0 spiro atoms. The third-order valence-corrected chi connectivity index (χ3v) is 5.13. The molecule has 136 valence electrons. The average molecular weight is 392 g/mol. The second kappa shape index (κ2) is 8.21. The predicted molar refractivity (Wildman–Crippen MR) is 103 cm³/mol. The fourth-order valence-corrected chi connectivity index (χ4v) is 3.43. The van der Waals surface area contributed by atoms with Crippen molar-refractivity contribution in [2.45, 2.75) is 13.3 Å². The highest BCUT2D eigenvalue weighted by molar-refractivity contribution is 7.92. The number of hydrogen-bond donors (Lipinski definition) is 1. The zero-order chi connectivity index (χ0) is 19.3. The quantitative estimate of drug-likeness (QED) is 0.817. The number of aryl methyl sites for hydroxylation is 1. The van der Waals surface area contributed by atoms with E-state index in [0.717, 1.165) is 16.1 Å². The van der Waals surface area contributed by atoms with Gasteiger partial charge in [0.2, 0.25) is 15.9 Å². The topological polar surface area (TPSA) is 90.3 Å². The molecule has 2 aromatic carbocycles. The zero-order valence-electron chi connectivity index (χ0n) is 14.4. The summed E-state index contributed by atoms with van der Waals surface area (Å²) in [7, 11) is -3.57. The molecule has 2 rings (SSSR count). The molecule has 0 aliphatic heterocycles. The Morgan fingerprint density at radius 2 is 1.88 bits per heavy atom. The third-order valence-electron chi connectivity index (χ3n) is 3.70. The summed E-state index contributed by atoms with van der Waals surface area (Å²) in [6, 6.07) is 13.3. The molecule has 0 aliphatic rings. The maximum atomic E-state index is 12.2. The number of nitrogens with zero attached hydrogens (tertiary/aromatic N) is 2. The second-order valence-electron chi connectivity index (χ2n) is 5.75. The fraction of sp³-hybridized carbons (Fsp3) is 0.222. The number of halogens is 1. The van der Waals surface area contributed by atoms with E-state index in [9.17, 15) is 13.2 Å². The lowest BCUT2D eigenvalue weighted by Gasteiger charge is -2.22. The number of hydrogen-bond acceptors (Lipinski definition) is 4. The molecule has 0 fully saturated rings. The van der Waals surface area contributed by atoms with Crippen molar-refractivity contribution in [2.24, 2.45) is 0 Å². The van der Waals surface area contributed by atoms with Crippen molar-refractivity contribution < 1.29 is 13.2 Å². The van der Waals surface area contributed by atoms with E-state index >= 15 is 0 Å². The minimum atomic E-state index is -3.57. The van der Waals surface area contributed by atoms with E-state index in [1.54, 1.807) is 30.3 Å². The number of carbonyl (C=O) groups is 1. The number of nitrogens with one attached hydrogen (secondary N) is 1. The molecule has 0 atom stereocenters. The van der Waals surface area contributed by atoms with Gasteiger partial charge in [0.1, 0.15) is 0 Å². The number of amides is 1. The van der Waals surface area contributed by atoms with Gasteiger partial charge in [0.25, 0.3) is 0 Å². The first-order valence-electron chi connectivity index (χ1n) is 7.74. The van der Waals surface area contributed by atoms with Crippen LogP contribution >= 0.6 is 11.6 Å². The smallest absolute Gasteiger partial charge is 0.232 e. The first-order chi connectivity index (χ1) is 12.2. The number of rotatable bonds is 6. The van der Waals surface area contributed by atoms with Crippen molar-refractivity contribution >= 4 is 38.9 Å². The summed E-state index contributed by atoms with van der Waals surface area (Å²) in [5.74, 6) is -0.322. The molecular formula is C18H18ClN3O3S. The summed E-state index contributed by atoms with van der Waals surface area (Å²) in [4.78, 5) is 12.2. The molecule has 0 saturated carbocycles. The Labute approximate surface area is 158 Å². The van der Waals surface area contributed by atoms with Crippen LogP contribution in [0.3, 0.4) is 0 Å². The first kappa shape index (κ1) is 19.8. The van der Waals surface area contributed by atoms with Gasteiger partial charge in [0, 0.05) is 23.7 Å². The monoisotopic (exact) mass is 391 g/mol. The van der Waals surface area contributed by atoms with E-state index < -0.39 is 10.0 Å². The summed E-state index contributed by atoms with van der Waals surface area (Å²) in [5.41, 5.74) is 2.27. The summed E-state index contributed by atoms with van der Waals surface area (Å²) >= 11 is 5.93. The Hall–Kier alpha value is -2.56. The Balaban J connectivity index is 2.10. The van der Waals surface area contributed by atoms with Gasteiger partial charge in [-0.15, -0.1) is 0 Å². The predicted octanol–water partition coefficient (Wildman–Crippen LogP) is 3.31. The van der Waals surface area contributed by atoms with Gasteiger partial charge >= 0.3 is 0 Å². The molecule has 0 aliphatic carbocycles. The Morgan fingerprint density at radius 3 is 2.46 bits per heavy atom. The standard InChI is InChI=1S/C18H18ClN3O3S/c1-13-3-6-15(19)11-17(13)21-18(23)9-10-22(26(2,24)25)16-7-4-14(12-20)5-8-16/h3-8,11H,9-10H2,1-2H3,(H,21,23). The van der Waals surface area contributed by atoms with Crippen molar-refractivity contribution in [3.63, 3.8) is 0 Å². The Morgan fingerprint density at radius 1 is 1.23 bits per heavy atom. The van der Waals surface area contributed by atoms with Gasteiger partial charge in [0.05, 0.1) is 23.6 Å². The average Bonchev–Trinajstić information content (AvgIpc) is 2.57. The van der Waals surface area contributed by atoms with Crippen LogP contribution in [0.4, 0.5) is 11.4 Å². The highest BCUT2D eigenvalue weighted by atomic mass is 35.5. The lowest BCUT2D eigenvalue weighted by molar-refractivity contribution is -0.116. The first-order valence-corrected chi connectivity index (χ1v) is 9.97. The van der Waals surface area contributed by atoms with Gasteiger partial charge < -0.3 is 5.32 Å². The highest BCUT2D eigenvalue weighted by Crippen LogP contribution is 2.21. The lowest BCUT2D eigenvalue weighted by atomic mass is 10.2. The SMILES string of the molecule is Cc1ccc(Cl)cc1NC(=O)CCN(c1ccc(C#N)cc1)S(C)(=O)=O. The molecule has 0 aromatic heterocycles. The van der Waals surface area contributed by atoms with Gasteiger partial charge in [-0.25, -0.2) is 8.42 Å². The van der Waals surface area contributed by atoms with E-state index in [4.69, 9.17) is 16.9 Å². The molecule has 1 amide bonds. The van der Waals surface area contributed by atoms with Crippen LogP contribution in [0.5, 0.6) is 0 Å². The third kappa shape index (κ3) is 5.22. The van der Waals surface area contributed by atoms with E-state index in [1.165, 1.54) is 12.1 Å². The summed E-state index contributed by atoms with van der Waals surface area (Å²) in [6.07, 6.45) is 1.04. The van der Waals surface area contributed by atoms with Crippen LogP contribution in [0.25, 0.3) is 0 Å². The minimum absolute atomic E-state index is 0.0177. The molecule has 8 heteroatoms. The minimum Gasteiger partial charge on any atom is -0.326 e. The van der Waals surface area contributed by atoms with Crippen LogP contribution in [-0.2, 0) is 14.8 Å². The van der Waals surface area contributed by atoms with Gasteiger partial charge in [-0.1, -0.05) is 17.7 Å². The summed E-state index contributed by atoms with van der Waals surface area (Å²) in [5, 5.41) is 12.1. The van der Waals surface area contributed by atoms with Crippen LogP contribution in [-0.4, -0.2) is 27.1 Å². The molecule has 1 N–H and O–H groups in total. The van der Waals surface area contributed by atoms with Gasteiger partial charge in [-0.3, -0.25) is 9.10 Å². The maximum Gasteiger partial charge on any atom is 0.232 e. The van der Waals surface area contributed by atoms with Gasteiger partial charge in [-0.2, -0.15) is 5.26 Å². The van der Waals surface area contributed by atoms with E-state index in [1.807, 2.05) is 13.0 Å². The van der Waals surface area contributed by atoms with Crippen LogP contribution in [0.15, 0.2) is 42.5 Å². The fourth-order valence-electron chi connectivity index (χ4n) is 2.33. The van der Waals surface area contributed by atoms with Crippen LogP contribution in [0.1, 0.15) is 17.5 Å². The molecule has 0 unspecified atom stereocenters. The lowest BCUT2D eigenvalue weighted by Crippen LogP contribution is -2.33. The van der Waals surface area contributed by atoms with Crippen molar-refractivity contribution in [3.8, 4) is 6.07 Å². The molecule has 0 saturated heterocycles. The number of carbonyl (C=O) groups excluding carboxylic acids is 1. The summed E-state index contributed by atoms with van der Waals surface area (Å²) in [6.45, 7) is 1.82. The normalized spacial score (nSPS) is 10.8. The Bertz CT molecular complexity index is 951. The van der Waals surface area contributed by atoms with Crippen LogP contribution < -0.4 is 9.62 Å². The second-order valence-corrected chi connectivity index (χ2v) is 8.09. The molecule has 6 nitrogen and oxygen atoms in total. The van der Waals surface area contributed by atoms with Crippen molar-refractivity contribution in [1.82, 2.24) is 0 Å². The molecule has 0 heterocycles. The molecule has 0 radical (unpaired) electrons. The van der Waals surface area contributed by atoms with E-state index in [-0.39, 0.29) is 18.9 Å². The summed E-state index contributed by atoms with van der Waals surface area (Å²) < 4.78 is 25.3. The van der Waals surface area contributed by atoms with Gasteiger partial charge in [0.15, 0.2) is 0 Å². The Kier molecular flexibility index (Phi) is 6.24. The number of benzene rings is 2. The van der Waals surface area contributed by atoms with E-state index in [0.29, 0.717) is 22.0 Å². The van der Waals surface area contributed by atoms with Crippen LogP contribution in [0.2, 0.25) is 5.02 Å². The zero-order valence-corrected chi connectivity index (χ0v) is 15.9. The van der Waals surface area contributed by atoms with E-state index in [2.05, 4.69) is 5.32 Å². The number of nitriles is 1. The molecule has 26 heavy (non-hydrogen) atoms.